The van der Waals surface area contributed by atoms with Gasteiger partial charge in [0.2, 0.25) is 0 Å². The van der Waals surface area contributed by atoms with Crippen LogP contribution in [0.3, 0.4) is 0 Å². The van der Waals surface area contributed by atoms with E-state index in [0.29, 0.717) is 10.6 Å². The number of halogens is 2. The molecule has 3 rings (SSSR count). The zero-order valence-electron chi connectivity index (χ0n) is 10.6. The fraction of sp³-hybridized carbons (Fsp3) is 0.133. The van der Waals surface area contributed by atoms with Crippen molar-refractivity contribution in [2.75, 3.05) is 0 Å². The second kappa shape index (κ2) is 5.00. The molecule has 1 unspecified atom stereocenters. The highest BCUT2D eigenvalue weighted by Gasteiger charge is 2.14. The largest absolute Gasteiger partial charge is 0.419 e. The van der Waals surface area contributed by atoms with Crippen molar-refractivity contribution in [2.45, 2.75) is 5.38 Å². The maximum Gasteiger partial charge on any atom is 0.419 e. The minimum Gasteiger partial charge on any atom is -0.408 e. The van der Waals surface area contributed by atoms with E-state index in [1.165, 1.54) is 4.57 Å². The molecule has 0 aliphatic rings. The summed E-state index contributed by atoms with van der Waals surface area (Å²) in [7, 11) is 1.67. The summed E-state index contributed by atoms with van der Waals surface area (Å²) in [6.45, 7) is 0. The highest BCUT2D eigenvalue weighted by Crippen LogP contribution is 2.31. The fourth-order valence-electron chi connectivity index (χ4n) is 2.16. The number of aromatic nitrogens is 1. The lowest BCUT2D eigenvalue weighted by Gasteiger charge is -2.10. The molecule has 2 aromatic carbocycles. The van der Waals surface area contributed by atoms with Gasteiger partial charge in [0, 0.05) is 12.1 Å². The molecule has 0 saturated carbocycles. The average molecular weight is 308 g/mol. The molecule has 0 amide bonds. The number of alkyl halides is 1. The Kier molecular flexibility index (Phi) is 3.32. The van der Waals surface area contributed by atoms with E-state index in [0.717, 1.165) is 16.6 Å². The van der Waals surface area contributed by atoms with Crippen molar-refractivity contribution in [3.05, 3.63) is 69.2 Å². The van der Waals surface area contributed by atoms with Crippen LogP contribution < -0.4 is 5.76 Å². The summed E-state index contributed by atoms with van der Waals surface area (Å²) in [5, 5.41) is 0.295. The molecule has 0 aliphatic heterocycles. The first-order valence-corrected chi connectivity index (χ1v) is 6.87. The van der Waals surface area contributed by atoms with E-state index in [9.17, 15) is 4.79 Å². The summed E-state index contributed by atoms with van der Waals surface area (Å²) in [4.78, 5) is 11.5. The molecule has 3 aromatic rings. The summed E-state index contributed by atoms with van der Waals surface area (Å²) in [6.07, 6.45) is 0. The van der Waals surface area contributed by atoms with Crippen LogP contribution >= 0.6 is 23.2 Å². The van der Waals surface area contributed by atoms with Crippen LogP contribution in [-0.4, -0.2) is 4.57 Å². The second-order valence-electron chi connectivity index (χ2n) is 4.57. The Morgan fingerprint density at radius 3 is 2.65 bits per heavy atom. The van der Waals surface area contributed by atoms with Gasteiger partial charge >= 0.3 is 5.76 Å². The van der Waals surface area contributed by atoms with Crippen LogP contribution in [0.15, 0.2) is 51.7 Å². The van der Waals surface area contributed by atoms with E-state index in [4.69, 9.17) is 27.6 Å². The molecule has 0 bridgehead atoms. The molecule has 0 fully saturated rings. The third-order valence-corrected chi connectivity index (χ3v) is 3.99. The van der Waals surface area contributed by atoms with Gasteiger partial charge in [-0.1, -0.05) is 29.8 Å². The predicted octanol–water partition coefficient (Wildman–Crippen LogP) is 4.11. The Morgan fingerprint density at radius 1 is 1.15 bits per heavy atom. The van der Waals surface area contributed by atoms with E-state index in [1.807, 2.05) is 30.3 Å². The van der Waals surface area contributed by atoms with E-state index in [1.54, 1.807) is 19.2 Å². The Morgan fingerprint density at radius 2 is 1.90 bits per heavy atom. The summed E-state index contributed by atoms with van der Waals surface area (Å²) >= 11 is 12.4. The van der Waals surface area contributed by atoms with Crippen molar-refractivity contribution >= 4 is 34.3 Å². The molecule has 0 saturated heterocycles. The minimum atomic E-state index is -0.383. The number of oxazole rings is 1. The summed E-state index contributed by atoms with van der Waals surface area (Å²) < 4.78 is 6.63. The zero-order valence-corrected chi connectivity index (χ0v) is 12.2. The molecule has 1 aromatic heterocycles. The normalized spacial score (nSPS) is 12.8. The van der Waals surface area contributed by atoms with E-state index >= 15 is 0 Å². The first-order valence-electron chi connectivity index (χ1n) is 6.05. The topological polar surface area (TPSA) is 35.1 Å². The molecule has 3 nitrogen and oxygen atoms in total. The monoisotopic (exact) mass is 307 g/mol. The van der Waals surface area contributed by atoms with Crippen LogP contribution in [0.2, 0.25) is 5.02 Å². The number of hydrogen-bond donors (Lipinski definition) is 0. The second-order valence-corrected chi connectivity index (χ2v) is 5.44. The first-order chi connectivity index (χ1) is 9.56. The summed E-state index contributed by atoms with van der Waals surface area (Å²) in [5.41, 5.74) is 3.03. The molecule has 0 radical (unpaired) electrons. The smallest absolute Gasteiger partial charge is 0.408 e. The van der Waals surface area contributed by atoms with Gasteiger partial charge in [-0.2, -0.15) is 0 Å². The lowest BCUT2D eigenvalue weighted by molar-refractivity contribution is 0.528. The van der Waals surface area contributed by atoms with Crippen molar-refractivity contribution in [3.8, 4) is 0 Å². The highest BCUT2D eigenvalue weighted by atomic mass is 35.5. The Bertz CT molecular complexity index is 835. The van der Waals surface area contributed by atoms with Gasteiger partial charge in [0.15, 0.2) is 5.58 Å². The standard InChI is InChI=1S/C15H11Cl2NO2/c1-18-12-6-5-10(8-13(12)20-15(18)19)14(17)9-3-2-4-11(16)7-9/h2-8,14H,1H3. The van der Waals surface area contributed by atoms with Crippen LogP contribution in [0, 0.1) is 0 Å². The number of rotatable bonds is 2. The average Bonchev–Trinajstić information content (AvgIpc) is 2.73. The molecule has 5 heteroatoms. The van der Waals surface area contributed by atoms with Crippen molar-refractivity contribution in [2.24, 2.45) is 7.05 Å². The first kappa shape index (κ1) is 13.3. The van der Waals surface area contributed by atoms with Gasteiger partial charge in [0.05, 0.1) is 10.9 Å². The summed E-state index contributed by atoms with van der Waals surface area (Å²) in [5.74, 6) is -0.383. The third kappa shape index (κ3) is 2.23. The van der Waals surface area contributed by atoms with Crippen molar-refractivity contribution < 1.29 is 4.42 Å². The minimum absolute atomic E-state index is 0.344. The number of fused-ring (bicyclic) bond motifs is 1. The van der Waals surface area contributed by atoms with Crippen molar-refractivity contribution in [1.82, 2.24) is 4.57 Å². The molecular weight excluding hydrogens is 297 g/mol. The van der Waals surface area contributed by atoms with Gasteiger partial charge < -0.3 is 4.42 Å². The van der Waals surface area contributed by atoms with Crippen LogP contribution in [0.5, 0.6) is 0 Å². The highest BCUT2D eigenvalue weighted by molar-refractivity contribution is 6.30. The van der Waals surface area contributed by atoms with Gasteiger partial charge in [-0.3, -0.25) is 4.57 Å². The van der Waals surface area contributed by atoms with Crippen LogP contribution in [-0.2, 0) is 7.05 Å². The Labute approximate surface area is 125 Å². The van der Waals surface area contributed by atoms with Gasteiger partial charge in [-0.15, -0.1) is 11.6 Å². The zero-order chi connectivity index (χ0) is 14.3. The van der Waals surface area contributed by atoms with Crippen molar-refractivity contribution in [1.29, 1.82) is 0 Å². The number of benzene rings is 2. The van der Waals surface area contributed by atoms with Crippen LogP contribution in [0.4, 0.5) is 0 Å². The molecular formula is C15H11Cl2NO2. The number of aryl methyl sites for hydroxylation is 1. The molecule has 1 heterocycles. The van der Waals surface area contributed by atoms with Crippen molar-refractivity contribution in [3.63, 3.8) is 0 Å². The third-order valence-electron chi connectivity index (χ3n) is 3.25. The van der Waals surface area contributed by atoms with Gasteiger partial charge in [0.25, 0.3) is 0 Å². The summed E-state index contributed by atoms with van der Waals surface area (Å²) in [6, 6.07) is 12.9. The van der Waals surface area contributed by atoms with E-state index in [-0.39, 0.29) is 11.1 Å². The predicted molar refractivity (Wildman–Crippen MR) is 80.6 cm³/mol. The molecule has 0 aliphatic carbocycles. The van der Waals surface area contributed by atoms with E-state index < -0.39 is 0 Å². The number of nitrogens with zero attached hydrogens (tertiary/aromatic N) is 1. The maximum absolute atomic E-state index is 11.5. The molecule has 0 spiro atoms. The SMILES string of the molecule is Cn1c(=O)oc2cc(C(Cl)c3cccc(Cl)c3)ccc21. The van der Waals surface area contributed by atoms with Gasteiger partial charge in [0.1, 0.15) is 0 Å². The van der Waals surface area contributed by atoms with E-state index in [2.05, 4.69) is 0 Å². The molecule has 20 heavy (non-hydrogen) atoms. The molecule has 102 valence electrons. The van der Waals surface area contributed by atoms with Crippen LogP contribution in [0.1, 0.15) is 16.5 Å². The Balaban J connectivity index is 2.08. The quantitative estimate of drug-likeness (QED) is 0.668. The molecule has 0 N–H and O–H groups in total. The van der Waals surface area contributed by atoms with Gasteiger partial charge in [-0.25, -0.2) is 4.79 Å². The fourth-order valence-corrected chi connectivity index (χ4v) is 2.63. The lowest BCUT2D eigenvalue weighted by atomic mass is 10.0. The van der Waals surface area contributed by atoms with Crippen LogP contribution in [0.25, 0.3) is 11.1 Å². The molecule has 1 atom stereocenters. The maximum atomic E-state index is 11.5. The Hall–Kier alpha value is -1.71. The lowest BCUT2D eigenvalue weighted by Crippen LogP contribution is -2.08. The number of hydrogen-bond acceptors (Lipinski definition) is 2. The van der Waals surface area contributed by atoms with Gasteiger partial charge in [-0.05, 0) is 35.4 Å².